The van der Waals surface area contributed by atoms with Gasteiger partial charge in [0.25, 0.3) is 5.69 Å². The third-order valence-electron chi connectivity index (χ3n) is 4.92. The number of nitrogens with zero attached hydrogens (tertiary/aromatic N) is 3. The normalized spacial score (nSPS) is 15.1. The summed E-state index contributed by atoms with van der Waals surface area (Å²) in [6, 6.07) is 9.93. The Labute approximate surface area is 197 Å². The number of nitro groups is 1. The van der Waals surface area contributed by atoms with Gasteiger partial charge in [0.15, 0.2) is 0 Å². The molecule has 0 aromatic heterocycles. The van der Waals surface area contributed by atoms with Gasteiger partial charge in [0.05, 0.1) is 15.4 Å². The van der Waals surface area contributed by atoms with Crippen LogP contribution in [-0.2, 0) is 32.3 Å². The summed E-state index contributed by atoms with van der Waals surface area (Å²) in [5.74, 6) is -3.65. The molecule has 0 bridgehead atoms. The van der Waals surface area contributed by atoms with Crippen LogP contribution in [0.25, 0.3) is 0 Å². The van der Waals surface area contributed by atoms with E-state index in [1.807, 2.05) is 0 Å². The molecule has 0 unspecified atom stereocenters. The molecule has 3 rings (SSSR count). The third-order valence-corrected chi connectivity index (χ3v) is 6.83. The van der Waals surface area contributed by atoms with Crippen molar-refractivity contribution < 1.29 is 46.3 Å². The molecule has 2 aromatic rings. The molecule has 1 saturated heterocycles. The van der Waals surface area contributed by atoms with Crippen molar-refractivity contribution >= 4 is 27.6 Å². The van der Waals surface area contributed by atoms with Crippen molar-refractivity contribution in [1.82, 2.24) is 9.21 Å². The van der Waals surface area contributed by atoms with Crippen LogP contribution >= 0.6 is 0 Å². The predicted octanol–water partition coefficient (Wildman–Crippen LogP) is 2.28. The van der Waals surface area contributed by atoms with Gasteiger partial charge in [0, 0.05) is 44.9 Å². The minimum Gasteiger partial charge on any atom is -0.473 e. The number of carbonyl (C=O) groups is 2. The maximum Gasteiger partial charge on any atom is 0.416 e. The SMILES string of the molecule is O=C(O)C(=O)O.O=[N+]([O-])c1ccc(S(=O)(=O)N2CCN(Cc3ccccc3C(F)(F)F)CC2)cc1. The molecule has 1 aliphatic rings. The average Bonchev–Trinajstić information content (AvgIpc) is 2.79. The topological polar surface area (TPSA) is 158 Å². The van der Waals surface area contributed by atoms with Gasteiger partial charge in [0.2, 0.25) is 10.0 Å². The number of benzene rings is 2. The van der Waals surface area contributed by atoms with Crippen LogP contribution in [0, 0.1) is 10.1 Å². The maximum atomic E-state index is 13.1. The van der Waals surface area contributed by atoms with Crippen molar-refractivity contribution in [3.63, 3.8) is 0 Å². The highest BCUT2D eigenvalue weighted by atomic mass is 32.2. The fraction of sp³-hybridized carbons (Fsp3) is 0.300. The highest BCUT2D eigenvalue weighted by Gasteiger charge is 2.34. The van der Waals surface area contributed by atoms with E-state index in [4.69, 9.17) is 19.8 Å². The van der Waals surface area contributed by atoms with Gasteiger partial charge in [-0.25, -0.2) is 18.0 Å². The summed E-state index contributed by atoms with van der Waals surface area (Å²) in [5.41, 5.74) is -0.760. The maximum absolute atomic E-state index is 13.1. The number of carboxylic acids is 2. The first kappa shape index (κ1) is 27.7. The predicted molar refractivity (Wildman–Crippen MR) is 114 cm³/mol. The Kier molecular flexibility index (Phi) is 8.89. The van der Waals surface area contributed by atoms with Crippen molar-refractivity contribution in [2.75, 3.05) is 26.2 Å². The van der Waals surface area contributed by atoms with E-state index >= 15 is 0 Å². The molecule has 35 heavy (non-hydrogen) atoms. The van der Waals surface area contributed by atoms with Gasteiger partial charge < -0.3 is 10.2 Å². The van der Waals surface area contributed by atoms with Gasteiger partial charge in [-0.05, 0) is 23.8 Å². The average molecular weight is 519 g/mol. The Morgan fingerprint density at radius 1 is 0.943 bits per heavy atom. The number of piperazine rings is 1. The van der Waals surface area contributed by atoms with Crippen LogP contribution in [0.2, 0.25) is 0 Å². The lowest BCUT2D eigenvalue weighted by atomic mass is 10.1. The Balaban J connectivity index is 0.000000641. The number of hydrogen-bond acceptors (Lipinski definition) is 7. The second kappa shape index (κ2) is 11.2. The summed E-state index contributed by atoms with van der Waals surface area (Å²) in [5, 5.41) is 25.5. The fourth-order valence-electron chi connectivity index (χ4n) is 3.19. The number of sulfonamides is 1. The highest BCUT2D eigenvalue weighted by molar-refractivity contribution is 7.89. The number of nitro benzene ring substituents is 1. The van der Waals surface area contributed by atoms with Crippen LogP contribution in [0.5, 0.6) is 0 Å². The third kappa shape index (κ3) is 7.46. The lowest BCUT2D eigenvalue weighted by Crippen LogP contribution is -2.48. The van der Waals surface area contributed by atoms with Crippen molar-refractivity contribution in [1.29, 1.82) is 0 Å². The zero-order chi connectivity index (χ0) is 26.4. The zero-order valence-electron chi connectivity index (χ0n) is 17.9. The molecule has 0 amide bonds. The molecule has 2 N–H and O–H groups in total. The van der Waals surface area contributed by atoms with Gasteiger partial charge in [-0.15, -0.1) is 0 Å². The highest BCUT2D eigenvalue weighted by Crippen LogP contribution is 2.32. The summed E-state index contributed by atoms with van der Waals surface area (Å²) in [6.45, 7) is 0.860. The number of rotatable bonds is 5. The molecule has 0 atom stereocenters. The van der Waals surface area contributed by atoms with E-state index in [0.717, 1.165) is 18.2 Å². The Morgan fingerprint density at radius 3 is 1.91 bits per heavy atom. The van der Waals surface area contributed by atoms with Crippen LogP contribution in [0.4, 0.5) is 18.9 Å². The van der Waals surface area contributed by atoms with Gasteiger partial charge in [-0.3, -0.25) is 15.0 Å². The molecule has 2 aromatic carbocycles. The minimum absolute atomic E-state index is 0.0565. The van der Waals surface area contributed by atoms with Crippen LogP contribution in [0.3, 0.4) is 0 Å². The number of hydrogen-bond donors (Lipinski definition) is 2. The number of non-ortho nitro benzene ring substituents is 1. The van der Waals surface area contributed by atoms with E-state index in [1.165, 1.54) is 28.6 Å². The molecular weight excluding hydrogens is 499 g/mol. The van der Waals surface area contributed by atoms with Crippen molar-refractivity contribution in [2.45, 2.75) is 17.6 Å². The first-order valence-corrected chi connectivity index (χ1v) is 11.3. The lowest BCUT2D eigenvalue weighted by molar-refractivity contribution is -0.384. The number of aliphatic carboxylic acids is 2. The second-order valence-electron chi connectivity index (χ2n) is 7.20. The minimum atomic E-state index is -4.45. The first-order valence-electron chi connectivity index (χ1n) is 9.81. The summed E-state index contributed by atoms with van der Waals surface area (Å²) in [4.78, 5) is 30.0. The van der Waals surface area contributed by atoms with E-state index in [-0.39, 0.29) is 48.9 Å². The largest absolute Gasteiger partial charge is 0.473 e. The molecule has 1 aliphatic heterocycles. The summed E-state index contributed by atoms with van der Waals surface area (Å²) < 4.78 is 66.1. The molecule has 190 valence electrons. The quantitative estimate of drug-likeness (QED) is 0.343. The number of halogens is 3. The monoisotopic (exact) mass is 519 g/mol. The zero-order valence-corrected chi connectivity index (χ0v) is 18.7. The summed E-state index contributed by atoms with van der Waals surface area (Å²) in [7, 11) is -3.83. The lowest BCUT2D eigenvalue weighted by Gasteiger charge is -2.34. The molecule has 0 spiro atoms. The Morgan fingerprint density at radius 2 is 1.46 bits per heavy atom. The summed E-state index contributed by atoms with van der Waals surface area (Å²) in [6.07, 6.45) is -4.45. The Bertz CT molecular complexity index is 1170. The molecule has 0 saturated carbocycles. The summed E-state index contributed by atoms with van der Waals surface area (Å²) >= 11 is 0. The van der Waals surface area contributed by atoms with Gasteiger partial charge in [-0.1, -0.05) is 18.2 Å². The van der Waals surface area contributed by atoms with E-state index in [0.29, 0.717) is 0 Å². The van der Waals surface area contributed by atoms with Crippen molar-refractivity contribution in [3.8, 4) is 0 Å². The van der Waals surface area contributed by atoms with E-state index in [9.17, 15) is 31.7 Å². The van der Waals surface area contributed by atoms with Crippen LogP contribution in [0.15, 0.2) is 53.4 Å². The molecule has 1 heterocycles. The Hall–Kier alpha value is -3.56. The molecule has 0 radical (unpaired) electrons. The van der Waals surface area contributed by atoms with Crippen LogP contribution in [0.1, 0.15) is 11.1 Å². The molecule has 11 nitrogen and oxygen atoms in total. The fourth-order valence-corrected chi connectivity index (χ4v) is 4.61. The number of alkyl halides is 3. The second-order valence-corrected chi connectivity index (χ2v) is 9.13. The van der Waals surface area contributed by atoms with Crippen molar-refractivity contribution in [2.24, 2.45) is 0 Å². The van der Waals surface area contributed by atoms with Gasteiger partial charge in [-0.2, -0.15) is 17.5 Å². The van der Waals surface area contributed by atoms with Crippen LogP contribution in [-0.4, -0.2) is 70.9 Å². The van der Waals surface area contributed by atoms with Crippen LogP contribution < -0.4 is 0 Å². The van der Waals surface area contributed by atoms with Crippen molar-refractivity contribution in [3.05, 3.63) is 69.8 Å². The molecule has 1 fully saturated rings. The smallest absolute Gasteiger partial charge is 0.416 e. The van der Waals surface area contributed by atoms with E-state index < -0.39 is 38.6 Å². The molecular formula is C20H20F3N3O8S. The number of carboxylic acid groups (broad SMARTS) is 2. The first-order chi connectivity index (χ1) is 16.2. The van der Waals surface area contributed by atoms with Gasteiger partial charge >= 0.3 is 18.1 Å². The standard InChI is InChI=1S/C18H18F3N3O4S.C2H2O4/c19-18(20,21)17-4-2-1-3-14(17)13-22-9-11-23(12-10-22)29(27,28)16-7-5-15(6-8-16)24(25)26;3-1(4)2(5)6/h1-8H,9-13H2;(H,3,4)(H,5,6). The molecule has 15 heteroatoms. The van der Waals surface area contributed by atoms with E-state index in [1.54, 1.807) is 11.0 Å². The molecule has 0 aliphatic carbocycles. The van der Waals surface area contributed by atoms with E-state index in [2.05, 4.69) is 0 Å². The van der Waals surface area contributed by atoms with Gasteiger partial charge in [0.1, 0.15) is 0 Å².